The molecule has 8 nitrogen and oxygen atoms in total. The number of nitrogens with zero attached hydrogens (tertiary/aromatic N) is 2. The minimum absolute atomic E-state index is 0.100. The molecule has 0 radical (unpaired) electrons. The molecule has 0 aromatic rings. The molecule has 0 bridgehead atoms. The van der Waals surface area contributed by atoms with E-state index in [0.29, 0.717) is 5.17 Å². The summed E-state index contributed by atoms with van der Waals surface area (Å²) in [5.41, 5.74) is 12.6. The molecule has 0 saturated heterocycles. The molecule has 94 valence electrons. The second-order valence-corrected chi connectivity index (χ2v) is 2.68. The van der Waals surface area contributed by atoms with Gasteiger partial charge < -0.3 is 11.5 Å². The first-order chi connectivity index (χ1) is 7.61. The molecule has 0 saturated carbocycles. The van der Waals surface area contributed by atoms with Gasteiger partial charge >= 0.3 is 0 Å². The molecule has 10 heteroatoms. The van der Waals surface area contributed by atoms with E-state index in [1.165, 1.54) is 0 Å². The van der Waals surface area contributed by atoms with E-state index < -0.39 is 12.6 Å². The van der Waals surface area contributed by atoms with Crippen LogP contribution in [0.25, 0.3) is 0 Å². The first-order valence-electron chi connectivity index (χ1n) is 4.22. The van der Waals surface area contributed by atoms with Crippen molar-refractivity contribution in [1.82, 2.24) is 10.7 Å². The van der Waals surface area contributed by atoms with E-state index in [-0.39, 0.29) is 25.1 Å². The minimum atomic E-state index is -0.667. The third kappa shape index (κ3) is 7.04. The van der Waals surface area contributed by atoms with E-state index in [4.69, 9.17) is 33.3 Å². The Labute approximate surface area is 96.7 Å². The Kier molecular flexibility index (Phi) is 8.21. The highest BCUT2D eigenvalue weighted by molar-refractivity contribution is 6.17. The normalized spacial score (nSPS) is 11.2. The molecule has 0 aromatic carbocycles. The van der Waals surface area contributed by atoms with Gasteiger partial charge in [-0.05, 0) is 0 Å². The fourth-order valence-electron chi connectivity index (χ4n) is 0.555. The number of nitrogens with two attached hydrogens (primary N) is 2. The van der Waals surface area contributed by atoms with E-state index >= 15 is 0 Å². The van der Waals surface area contributed by atoms with Crippen molar-refractivity contribution in [2.75, 3.05) is 25.8 Å². The van der Waals surface area contributed by atoms with Crippen molar-refractivity contribution in [3.8, 4) is 0 Å². The largest absolute Gasteiger partial charge is 0.367 e. The van der Waals surface area contributed by atoms with E-state index in [1.807, 2.05) is 0 Å². The topological polar surface area (TPSA) is 122 Å². The molecule has 0 rings (SSSR count). The van der Waals surface area contributed by atoms with Crippen LogP contribution >= 0.6 is 11.6 Å². The van der Waals surface area contributed by atoms with Crippen molar-refractivity contribution in [1.29, 1.82) is 5.41 Å². The van der Waals surface area contributed by atoms with Crippen LogP contribution in [0.3, 0.4) is 0 Å². The molecule has 0 aliphatic heterocycles. The predicted octanol–water partition coefficient (Wildman–Crippen LogP) is -0.927. The van der Waals surface area contributed by atoms with Gasteiger partial charge in [0.1, 0.15) is 13.3 Å². The van der Waals surface area contributed by atoms with Crippen LogP contribution in [0.2, 0.25) is 0 Å². The number of alkyl halides is 2. The lowest BCUT2D eigenvalue weighted by atomic mass is 10.8. The molecule has 0 unspecified atom stereocenters. The summed E-state index contributed by atoms with van der Waals surface area (Å²) >= 11 is 5.36. The summed E-state index contributed by atoms with van der Waals surface area (Å²) in [7, 11) is 0. The highest BCUT2D eigenvalue weighted by atomic mass is 35.5. The lowest BCUT2D eigenvalue weighted by Gasteiger charge is -2.15. The monoisotopic (exact) mass is 256 g/mol. The Bertz CT molecular complexity index is 241. The third-order valence-electron chi connectivity index (χ3n) is 1.05. The summed E-state index contributed by atoms with van der Waals surface area (Å²) in [6.07, 6.45) is 0. The van der Waals surface area contributed by atoms with Crippen LogP contribution < -0.4 is 16.9 Å². The molecule has 0 aromatic heterocycles. The summed E-state index contributed by atoms with van der Waals surface area (Å²) in [6, 6.07) is 0. The maximum Gasteiger partial charge on any atom is 0.238 e. The molecule has 6 N–H and O–H groups in total. The van der Waals surface area contributed by atoms with Gasteiger partial charge in [-0.1, -0.05) is 5.17 Å². The van der Waals surface area contributed by atoms with Gasteiger partial charge in [0.15, 0.2) is 0 Å². The average molecular weight is 257 g/mol. The Hall–Kier alpha value is -1.32. The van der Waals surface area contributed by atoms with Crippen LogP contribution in [0.4, 0.5) is 4.39 Å². The number of hydrazone groups is 1. The maximum absolute atomic E-state index is 11.7. The van der Waals surface area contributed by atoms with Gasteiger partial charge in [-0.3, -0.25) is 10.2 Å². The second kappa shape index (κ2) is 8.95. The molecule has 0 aliphatic carbocycles. The van der Waals surface area contributed by atoms with E-state index in [2.05, 4.69) is 15.4 Å². The first-order valence-corrected chi connectivity index (χ1v) is 4.76. The molecule has 0 heterocycles. The number of hydrogen-bond acceptors (Lipinski definition) is 4. The lowest BCUT2D eigenvalue weighted by molar-refractivity contribution is -0.0945. The lowest BCUT2D eigenvalue weighted by Crippen LogP contribution is -2.39. The molecular weight excluding hydrogens is 243 g/mol. The predicted molar refractivity (Wildman–Crippen MR) is 57.1 cm³/mol. The van der Waals surface area contributed by atoms with E-state index in [0.717, 1.165) is 0 Å². The van der Waals surface area contributed by atoms with Crippen molar-refractivity contribution < 1.29 is 14.1 Å². The summed E-state index contributed by atoms with van der Waals surface area (Å²) in [4.78, 5) is 9.37. The Balaban J connectivity index is 4.12. The maximum atomic E-state index is 11.7. The fraction of sp³-hybridized carbons (Fsp3) is 0.667. The molecule has 0 amide bonds. The zero-order valence-electron chi connectivity index (χ0n) is 8.45. The number of guanidine groups is 2. The number of hydrogen-bond donors (Lipinski definition) is 4. The van der Waals surface area contributed by atoms with Gasteiger partial charge in [0, 0.05) is 5.88 Å². The Morgan fingerprint density at radius 1 is 1.50 bits per heavy atom. The summed E-state index contributed by atoms with van der Waals surface area (Å²) in [5, 5.41) is 11.3. The highest BCUT2D eigenvalue weighted by Crippen LogP contribution is 1.91. The van der Waals surface area contributed by atoms with Crippen LogP contribution in [0.15, 0.2) is 5.10 Å². The van der Waals surface area contributed by atoms with Crippen LogP contribution in [0, 0.1) is 5.41 Å². The summed E-state index contributed by atoms with van der Waals surface area (Å²) < 4.78 is 11.7. The van der Waals surface area contributed by atoms with Crippen molar-refractivity contribution in [2.45, 2.75) is 0 Å². The van der Waals surface area contributed by atoms with Crippen molar-refractivity contribution in [3.63, 3.8) is 0 Å². The van der Waals surface area contributed by atoms with E-state index in [1.54, 1.807) is 0 Å². The van der Waals surface area contributed by atoms with Gasteiger partial charge in [0.25, 0.3) is 0 Å². The average Bonchev–Trinajstić information content (AvgIpc) is 2.24. The molecule has 0 aliphatic rings. The SMILES string of the molecule is N=C(N)N(N=C(N)NOCCF)OCCCl. The molecule has 0 atom stereocenters. The first kappa shape index (κ1) is 14.7. The van der Waals surface area contributed by atoms with Crippen LogP contribution in [0.1, 0.15) is 0 Å². The molecule has 0 fully saturated rings. The molecular formula is C6H14ClFN6O2. The van der Waals surface area contributed by atoms with Crippen molar-refractivity contribution >= 4 is 23.5 Å². The summed E-state index contributed by atoms with van der Waals surface area (Å²) in [5.74, 6) is -0.524. The zero-order chi connectivity index (χ0) is 12.4. The van der Waals surface area contributed by atoms with Crippen LogP contribution in [0.5, 0.6) is 0 Å². The molecule has 0 spiro atoms. The van der Waals surface area contributed by atoms with E-state index in [9.17, 15) is 4.39 Å². The summed E-state index contributed by atoms with van der Waals surface area (Å²) in [6.45, 7) is -0.748. The Morgan fingerprint density at radius 3 is 2.69 bits per heavy atom. The number of hydroxylamine groups is 2. The van der Waals surface area contributed by atoms with Gasteiger partial charge in [-0.2, -0.15) is 0 Å². The third-order valence-corrected chi connectivity index (χ3v) is 1.21. The van der Waals surface area contributed by atoms with Crippen molar-refractivity contribution in [3.05, 3.63) is 0 Å². The zero-order valence-corrected chi connectivity index (χ0v) is 9.21. The standard InChI is InChI=1S/C6H14ClFN6O2/c7-1-3-16-14(5(9)10)12-6(11)13-15-4-2-8/h1-4H2,(H3,9,10)(H3,11,12,13). The molecule has 16 heavy (non-hydrogen) atoms. The highest BCUT2D eigenvalue weighted by Gasteiger charge is 2.06. The van der Waals surface area contributed by atoms with Crippen molar-refractivity contribution in [2.24, 2.45) is 16.6 Å². The fourth-order valence-corrected chi connectivity index (χ4v) is 0.624. The van der Waals surface area contributed by atoms with Crippen LogP contribution in [-0.4, -0.2) is 42.9 Å². The Morgan fingerprint density at radius 2 is 2.19 bits per heavy atom. The quantitative estimate of drug-likeness (QED) is 0.154. The minimum Gasteiger partial charge on any atom is -0.367 e. The van der Waals surface area contributed by atoms with Gasteiger partial charge in [-0.25, -0.2) is 14.7 Å². The van der Waals surface area contributed by atoms with Gasteiger partial charge in [0.2, 0.25) is 11.9 Å². The number of rotatable bonds is 7. The second-order valence-electron chi connectivity index (χ2n) is 2.31. The smallest absolute Gasteiger partial charge is 0.238 e. The van der Waals surface area contributed by atoms with Crippen LogP contribution in [-0.2, 0) is 9.68 Å². The van der Waals surface area contributed by atoms with Gasteiger partial charge in [0.05, 0.1) is 6.61 Å². The number of nitrogens with one attached hydrogen (secondary N) is 2. The number of halogens is 2. The van der Waals surface area contributed by atoms with Gasteiger partial charge in [-0.15, -0.1) is 16.7 Å².